The SMILES string of the molecule is CN1C(=O)c2ccncc2/C1=C\c1ccccc1. The Morgan fingerprint density at radius 2 is 1.89 bits per heavy atom. The number of rotatable bonds is 1. The van der Waals surface area contributed by atoms with Gasteiger partial charge in [-0.2, -0.15) is 0 Å². The molecule has 0 atom stereocenters. The lowest BCUT2D eigenvalue weighted by Crippen LogP contribution is -2.16. The van der Waals surface area contributed by atoms with Crippen molar-refractivity contribution in [1.29, 1.82) is 0 Å². The molecule has 1 aliphatic rings. The van der Waals surface area contributed by atoms with Gasteiger partial charge in [-0.3, -0.25) is 9.78 Å². The van der Waals surface area contributed by atoms with Crippen LogP contribution in [0, 0.1) is 0 Å². The highest BCUT2D eigenvalue weighted by Crippen LogP contribution is 2.31. The predicted molar refractivity (Wildman–Crippen MR) is 70.6 cm³/mol. The minimum Gasteiger partial charge on any atom is -0.311 e. The number of nitrogens with zero attached hydrogens (tertiary/aromatic N) is 2. The van der Waals surface area contributed by atoms with E-state index in [1.165, 1.54) is 0 Å². The van der Waals surface area contributed by atoms with Gasteiger partial charge in [0.1, 0.15) is 0 Å². The van der Waals surface area contributed by atoms with Crippen molar-refractivity contribution < 1.29 is 4.79 Å². The van der Waals surface area contributed by atoms with Crippen molar-refractivity contribution in [3.63, 3.8) is 0 Å². The number of carbonyl (C=O) groups excluding carboxylic acids is 1. The fourth-order valence-electron chi connectivity index (χ4n) is 2.14. The zero-order chi connectivity index (χ0) is 12.5. The van der Waals surface area contributed by atoms with Crippen LogP contribution < -0.4 is 0 Å². The average Bonchev–Trinajstić information content (AvgIpc) is 2.66. The summed E-state index contributed by atoms with van der Waals surface area (Å²) >= 11 is 0. The molecular weight excluding hydrogens is 224 g/mol. The maximum atomic E-state index is 12.1. The minimum absolute atomic E-state index is 0.0228. The Morgan fingerprint density at radius 3 is 2.67 bits per heavy atom. The van der Waals surface area contributed by atoms with Gasteiger partial charge in [-0.25, -0.2) is 0 Å². The molecule has 3 rings (SSSR count). The number of benzene rings is 1. The highest BCUT2D eigenvalue weighted by Gasteiger charge is 2.29. The Kier molecular flexibility index (Phi) is 2.45. The summed E-state index contributed by atoms with van der Waals surface area (Å²) in [6, 6.07) is 11.7. The summed E-state index contributed by atoms with van der Waals surface area (Å²) in [5, 5.41) is 0. The van der Waals surface area contributed by atoms with Gasteiger partial charge in [0.05, 0.1) is 11.3 Å². The summed E-state index contributed by atoms with van der Waals surface area (Å²) in [6.07, 6.45) is 5.40. The maximum absolute atomic E-state index is 12.1. The summed E-state index contributed by atoms with van der Waals surface area (Å²) < 4.78 is 0. The number of amides is 1. The van der Waals surface area contributed by atoms with Gasteiger partial charge in [0.2, 0.25) is 0 Å². The Labute approximate surface area is 105 Å². The summed E-state index contributed by atoms with van der Waals surface area (Å²) in [5.74, 6) is 0.0228. The number of fused-ring (bicyclic) bond motifs is 1. The molecule has 1 aromatic heterocycles. The monoisotopic (exact) mass is 236 g/mol. The normalized spacial score (nSPS) is 16.2. The van der Waals surface area contributed by atoms with Crippen molar-refractivity contribution >= 4 is 17.7 Å². The van der Waals surface area contributed by atoms with Crippen LogP contribution in [0.5, 0.6) is 0 Å². The Morgan fingerprint density at radius 1 is 1.11 bits per heavy atom. The highest BCUT2D eigenvalue weighted by molar-refractivity contribution is 6.11. The molecule has 2 aromatic rings. The van der Waals surface area contributed by atoms with Crippen LogP contribution in [0.1, 0.15) is 21.5 Å². The lowest BCUT2D eigenvalue weighted by Gasteiger charge is -2.11. The highest BCUT2D eigenvalue weighted by atomic mass is 16.2. The summed E-state index contributed by atoms with van der Waals surface area (Å²) in [6.45, 7) is 0. The van der Waals surface area contributed by atoms with Gasteiger partial charge >= 0.3 is 0 Å². The van der Waals surface area contributed by atoms with Crippen LogP contribution in [0.3, 0.4) is 0 Å². The van der Waals surface area contributed by atoms with E-state index in [0.717, 1.165) is 22.4 Å². The third kappa shape index (κ3) is 1.61. The standard InChI is InChI=1S/C15H12N2O/c1-17-14(9-11-5-3-2-4-6-11)13-10-16-8-7-12(13)15(17)18/h2-10H,1H3/b14-9+. The van der Waals surface area contributed by atoms with Crippen LogP contribution in [0.4, 0.5) is 0 Å². The van der Waals surface area contributed by atoms with Crippen molar-refractivity contribution in [1.82, 2.24) is 9.88 Å². The van der Waals surface area contributed by atoms with Crippen molar-refractivity contribution in [2.45, 2.75) is 0 Å². The molecule has 0 bridgehead atoms. The third-order valence-corrected chi connectivity index (χ3v) is 3.10. The van der Waals surface area contributed by atoms with Gasteiger partial charge in [0.15, 0.2) is 0 Å². The molecule has 18 heavy (non-hydrogen) atoms. The second-order valence-electron chi connectivity index (χ2n) is 4.23. The smallest absolute Gasteiger partial charge is 0.258 e. The van der Waals surface area contributed by atoms with Gasteiger partial charge in [0.25, 0.3) is 5.91 Å². The van der Waals surface area contributed by atoms with Crippen LogP contribution in [0.2, 0.25) is 0 Å². The number of carbonyl (C=O) groups is 1. The van der Waals surface area contributed by atoms with E-state index in [4.69, 9.17) is 0 Å². The quantitative estimate of drug-likeness (QED) is 0.762. The first-order chi connectivity index (χ1) is 8.77. The number of aromatic nitrogens is 1. The van der Waals surface area contributed by atoms with Crippen molar-refractivity contribution in [3.8, 4) is 0 Å². The number of hydrogen-bond donors (Lipinski definition) is 0. The fraction of sp³-hybridized carbons (Fsp3) is 0.0667. The molecule has 0 N–H and O–H groups in total. The molecule has 1 amide bonds. The Hall–Kier alpha value is -2.42. The molecule has 3 heteroatoms. The molecule has 0 fully saturated rings. The second-order valence-corrected chi connectivity index (χ2v) is 4.23. The van der Waals surface area contributed by atoms with E-state index in [0.29, 0.717) is 0 Å². The molecule has 0 unspecified atom stereocenters. The molecule has 1 aliphatic heterocycles. The molecule has 1 aromatic carbocycles. The minimum atomic E-state index is 0.0228. The van der Waals surface area contributed by atoms with E-state index in [1.54, 1.807) is 30.4 Å². The number of hydrogen-bond acceptors (Lipinski definition) is 2. The van der Waals surface area contributed by atoms with E-state index < -0.39 is 0 Å². The van der Waals surface area contributed by atoms with Crippen molar-refractivity contribution in [3.05, 3.63) is 65.5 Å². The van der Waals surface area contributed by atoms with Crippen LogP contribution in [0.25, 0.3) is 11.8 Å². The van der Waals surface area contributed by atoms with Crippen molar-refractivity contribution in [2.24, 2.45) is 0 Å². The van der Waals surface area contributed by atoms with Crippen LogP contribution in [-0.4, -0.2) is 22.8 Å². The van der Waals surface area contributed by atoms with Gasteiger partial charge in [0, 0.05) is 25.0 Å². The molecule has 0 aliphatic carbocycles. The topological polar surface area (TPSA) is 33.2 Å². The van der Waals surface area contributed by atoms with Crippen molar-refractivity contribution in [2.75, 3.05) is 7.05 Å². The van der Waals surface area contributed by atoms with E-state index in [9.17, 15) is 4.79 Å². The Bertz CT molecular complexity index is 632. The van der Waals surface area contributed by atoms with Gasteiger partial charge < -0.3 is 4.90 Å². The first kappa shape index (κ1) is 10.7. The molecule has 2 heterocycles. The van der Waals surface area contributed by atoms with Crippen LogP contribution in [-0.2, 0) is 0 Å². The molecule has 0 spiro atoms. The Balaban J connectivity index is 2.14. The van der Waals surface area contributed by atoms with E-state index in [2.05, 4.69) is 4.98 Å². The number of pyridine rings is 1. The van der Waals surface area contributed by atoms with E-state index in [-0.39, 0.29) is 5.91 Å². The van der Waals surface area contributed by atoms with Gasteiger partial charge in [-0.05, 0) is 17.7 Å². The van der Waals surface area contributed by atoms with Gasteiger partial charge in [-0.15, -0.1) is 0 Å². The average molecular weight is 236 g/mol. The largest absolute Gasteiger partial charge is 0.311 e. The van der Waals surface area contributed by atoms with Crippen LogP contribution >= 0.6 is 0 Å². The first-order valence-electron chi connectivity index (χ1n) is 5.76. The van der Waals surface area contributed by atoms with E-state index >= 15 is 0 Å². The third-order valence-electron chi connectivity index (χ3n) is 3.10. The summed E-state index contributed by atoms with van der Waals surface area (Å²) in [5.41, 5.74) is 3.58. The van der Waals surface area contributed by atoms with Gasteiger partial charge in [-0.1, -0.05) is 30.3 Å². The molecule has 0 saturated carbocycles. The second kappa shape index (κ2) is 4.11. The van der Waals surface area contributed by atoms with Crippen LogP contribution in [0.15, 0.2) is 48.8 Å². The zero-order valence-electron chi connectivity index (χ0n) is 10.00. The lowest BCUT2D eigenvalue weighted by molar-refractivity contribution is 0.0875. The zero-order valence-corrected chi connectivity index (χ0v) is 10.00. The molecule has 0 saturated heterocycles. The lowest BCUT2D eigenvalue weighted by atomic mass is 10.1. The maximum Gasteiger partial charge on any atom is 0.258 e. The first-order valence-corrected chi connectivity index (χ1v) is 5.76. The summed E-state index contributed by atoms with van der Waals surface area (Å²) in [4.78, 5) is 17.8. The fourth-order valence-corrected chi connectivity index (χ4v) is 2.14. The molecular formula is C15H12N2O. The molecule has 88 valence electrons. The predicted octanol–water partition coefficient (Wildman–Crippen LogP) is 2.67. The molecule has 3 nitrogen and oxygen atoms in total. The summed E-state index contributed by atoms with van der Waals surface area (Å²) in [7, 11) is 1.79. The molecule has 0 radical (unpaired) electrons. The van der Waals surface area contributed by atoms with E-state index in [1.807, 2.05) is 36.4 Å².